The van der Waals surface area contributed by atoms with Gasteiger partial charge >= 0.3 is 6.03 Å². The molecule has 0 saturated carbocycles. The SMILES string of the molecule is Cc1ccc(C)c(S(=O)(=O)Nc2ccc(N3CCCN(C)C3=O)cc2)c1. The molecule has 0 aromatic heterocycles. The molecule has 0 aliphatic carbocycles. The highest BCUT2D eigenvalue weighted by molar-refractivity contribution is 7.92. The molecule has 1 saturated heterocycles. The fourth-order valence-electron chi connectivity index (χ4n) is 3.02. The third-order valence-electron chi connectivity index (χ3n) is 4.50. The summed E-state index contributed by atoms with van der Waals surface area (Å²) >= 11 is 0. The van der Waals surface area contributed by atoms with Gasteiger partial charge in [-0.25, -0.2) is 13.2 Å². The molecule has 6 nitrogen and oxygen atoms in total. The first-order valence-corrected chi connectivity index (χ1v) is 9.99. The fourth-order valence-corrected chi connectivity index (χ4v) is 4.41. The number of hydrogen-bond donors (Lipinski definition) is 1. The summed E-state index contributed by atoms with van der Waals surface area (Å²) < 4.78 is 28.0. The highest BCUT2D eigenvalue weighted by Gasteiger charge is 2.24. The molecule has 2 aromatic rings. The predicted octanol–water partition coefficient (Wildman–Crippen LogP) is 3.37. The van der Waals surface area contributed by atoms with Crippen LogP contribution in [0.2, 0.25) is 0 Å². The maximum Gasteiger partial charge on any atom is 0.324 e. The van der Waals surface area contributed by atoms with Crippen LogP contribution in [0.3, 0.4) is 0 Å². The number of urea groups is 1. The van der Waals surface area contributed by atoms with E-state index in [1.165, 1.54) is 0 Å². The maximum absolute atomic E-state index is 12.7. The summed E-state index contributed by atoms with van der Waals surface area (Å²) in [4.78, 5) is 15.9. The van der Waals surface area contributed by atoms with Crippen LogP contribution in [0.1, 0.15) is 17.5 Å². The lowest BCUT2D eigenvalue weighted by Crippen LogP contribution is -2.47. The van der Waals surface area contributed by atoms with Crippen LogP contribution >= 0.6 is 0 Å². The summed E-state index contributed by atoms with van der Waals surface area (Å²) in [5.41, 5.74) is 2.81. The number of carbonyl (C=O) groups is 1. The number of benzene rings is 2. The third-order valence-corrected chi connectivity index (χ3v) is 6.02. The average Bonchev–Trinajstić information content (AvgIpc) is 2.60. The number of hydrogen-bond acceptors (Lipinski definition) is 3. The third kappa shape index (κ3) is 3.67. The van der Waals surface area contributed by atoms with Crippen molar-refractivity contribution in [3.05, 3.63) is 53.6 Å². The number of aryl methyl sites for hydroxylation is 2. The van der Waals surface area contributed by atoms with Gasteiger partial charge in [-0.3, -0.25) is 9.62 Å². The van der Waals surface area contributed by atoms with Gasteiger partial charge in [0, 0.05) is 31.5 Å². The van der Waals surface area contributed by atoms with E-state index in [9.17, 15) is 13.2 Å². The van der Waals surface area contributed by atoms with Gasteiger partial charge in [-0.2, -0.15) is 0 Å². The van der Waals surface area contributed by atoms with Crippen molar-refractivity contribution >= 4 is 27.4 Å². The van der Waals surface area contributed by atoms with Crippen molar-refractivity contribution in [1.29, 1.82) is 0 Å². The normalized spacial score (nSPS) is 15.3. The molecule has 1 heterocycles. The lowest BCUT2D eigenvalue weighted by atomic mass is 10.2. The Hall–Kier alpha value is -2.54. The molecule has 2 aromatic carbocycles. The molecule has 3 rings (SSSR count). The zero-order valence-corrected chi connectivity index (χ0v) is 16.0. The van der Waals surface area contributed by atoms with E-state index in [4.69, 9.17) is 0 Å². The number of nitrogens with zero attached hydrogens (tertiary/aromatic N) is 2. The molecule has 0 unspecified atom stereocenters. The van der Waals surface area contributed by atoms with E-state index in [1.54, 1.807) is 60.2 Å². The van der Waals surface area contributed by atoms with Gasteiger partial charge in [0.25, 0.3) is 10.0 Å². The molecule has 26 heavy (non-hydrogen) atoms. The standard InChI is InChI=1S/C19H23N3O3S/c1-14-5-6-15(2)18(13-14)26(24,25)20-16-7-9-17(10-8-16)22-12-4-11-21(3)19(22)23/h5-10,13,20H,4,11-12H2,1-3H3. The molecular formula is C19H23N3O3S. The van der Waals surface area contributed by atoms with Crippen molar-refractivity contribution in [2.45, 2.75) is 25.2 Å². The topological polar surface area (TPSA) is 69.7 Å². The summed E-state index contributed by atoms with van der Waals surface area (Å²) in [6, 6.07) is 12.2. The maximum atomic E-state index is 12.7. The van der Waals surface area contributed by atoms with Crippen molar-refractivity contribution < 1.29 is 13.2 Å². The Morgan fingerprint density at radius 1 is 1.00 bits per heavy atom. The summed E-state index contributed by atoms with van der Waals surface area (Å²) in [5.74, 6) is 0. The number of anilines is 2. The minimum absolute atomic E-state index is 0.0417. The molecule has 0 radical (unpaired) electrons. The summed E-state index contributed by atoms with van der Waals surface area (Å²) in [5, 5.41) is 0. The average molecular weight is 373 g/mol. The second kappa shape index (κ2) is 6.99. The Kier molecular flexibility index (Phi) is 4.91. The molecule has 1 N–H and O–H groups in total. The van der Waals surface area contributed by atoms with E-state index in [0.717, 1.165) is 24.2 Å². The summed E-state index contributed by atoms with van der Waals surface area (Å²) in [7, 11) is -1.88. The monoisotopic (exact) mass is 373 g/mol. The molecular weight excluding hydrogens is 350 g/mol. The zero-order chi connectivity index (χ0) is 18.9. The molecule has 2 amide bonds. The smallest absolute Gasteiger partial charge is 0.324 e. The van der Waals surface area contributed by atoms with E-state index < -0.39 is 10.0 Å². The predicted molar refractivity (Wildman–Crippen MR) is 103 cm³/mol. The van der Waals surface area contributed by atoms with Crippen LogP contribution in [0, 0.1) is 13.8 Å². The van der Waals surface area contributed by atoms with Crippen molar-refractivity contribution in [3.63, 3.8) is 0 Å². The van der Waals surface area contributed by atoms with Crippen molar-refractivity contribution in [3.8, 4) is 0 Å². The summed E-state index contributed by atoms with van der Waals surface area (Å²) in [6.45, 7) is 5.05. The number of amides is 2. The van der Waals surface area contributed by atoms with Crippen molar-refractivity contribution in [2.75, 3.05) is 29.8 Å². The Morgan fingerprint density at radius 2 is 1.69 bits per heavy atom. The Morgan fingerprint density at radius 3 is 2.38 bits per heavy atom. The van der Waals surface area contributed by atoms with Crippen LogP contribution in [-0.2, 0) is 10.0 Å². The lowest BCUT2D eigenvalue weighted by molar-refractivity contribution is 0.207. The van der Waals surface area contributed by atoms with Crippen LogP contribution < -0.4 is 9.62 Å². The van der Waals surface area contributed by atoms with Gasteiger partial charge in [0.1, 0.15) is 0 Å². The van der Waals surface area contributed by atoms with E-state index in [-0.39, 0.29) is 10.9 Å². The molecule has 0 bridgehead atoms. The number of sulfonamides is 1. The number of rotatable bonds is 4. The molecule has 0 spiro atoms. The van der Waals surface area contributed by atoms with Crippen LogP contribution in [0.15, 0.2) is 47.4 Å². The zero-order valence-electron chi connectivity index (χ0n) is 15.2. The van der Waals surface area contributed by atoms with Crippen LogP contribution in [-0.4, -0.2) is 39.5 Å². The van der Waals surface area contributed by atoms with Gasteiger partial charge in [0.15, 0.2) is 0 Å². The first-order chi connectivity index (χ1) is 12.3. The van der Waals surface area contributed by atoms with E-state index in [0.29, 0.717) is 17.8 Å². The molecule has 1 fully saturated rings. The Labute approximate surface area is 154 Å². The van der Waals surface area contributed by atoms with E-state index >= 15 is 0 Å². The molecule has 7 heteroatoms. The molecule has 0 atom stereocenters. The molecule has 1 aliphatic rings. The summed E-state index contributed by atoms with van der Waals surface area (Å²) in [6.07, 6.45) is 0.906. The Bertz CT molecular complexity index is 924. The second-order valence-electron chi connectivity index (χ2n) is 6.63. The highest BCUT2D eigenvalue weighted by Crippen LogP contribution is 2.24. The lowest BCUT2D eigenvalue weighted by Gasteiger charge is -2.33. The quantitative estimate of drug-likeness (QED) is 0.893. The highest BCUT2D eigenvalue weighted by atomic mass is 32.2. The van der Waals surface area contributed by atoms with Gasteiger partial charge in [0.05, 0.1) is 4.90 Å². The Balaban J connectivity index is 1.81. The van der Waals surface area contributed by atoms with E-state index in [1.807, 2.05) is 13.0 Å². The van der Waals surface area contributed by atoms with Crippen LogP contribution in [0.4, 0.5) is 16.2 Å². The van der Waals surface area contributed by atoms with Crippen molar-refractivity contribution in [1.82, 2.24) is 4.90 Å². The number of nitrogens with one attached hydrogen (secondary N) is 1. The molecule has 138 valence electrons. The van der Waals surface area contributed by atoms with Crippen molar-refractivity contribution in [2.24, 2.45) is 0 Å². The minimum atomic E-state index is -3.66. The number of carbonyl (C=O) groups excluding carboxylic acids is 1. The van der Waals surface area contributed by atoms with Gasteiger partial charge < -0.3 is 4.90 Å². The van der Waals surface area contributed by atoms with Gasteiger partial charge in [-0.05, 0) is 61.7 Å². The minimum Gasteiger partial charge on any atom is -0.327 e. The fraction of sp³-hybridized carbons (Fsp3) is 0.316. The second-order valence-corrected chi connectivity index (χ2v) is 8.28. The van der Waals surface area contributed by atoms with Crippen LogP contribution in [0.25, 0.3) is 0 Å². The van der Waals surface area contributed by atoms with Gasteiger partial charge in [0.2, 0.25) is 0 Å². The van der Waals surface area contributed by atoms with Gasteiger partial charge in [-0.15, -0.1) is 0 Å². The van der Waals surface area contributed by atoms with Gasteiger partial charge in [-0.1, -0.05) is 12.1 Å². The first kappa shape index (κ1) is 18.3. The largest absolute Gasteiger partial charge is 0.327 e. The van der Waals surface area contributed by atoms with E-state index in [2.05, 4.69) is 4.72 Å². The first-order valence-electron chi connectivity index (χ1n) is 8.51. The van der Waals surface area contributed by atoms with Crippen LogP contribution in [0.5, 0.6) is 0 Å². The molecule has 1 aliphatic heterocycles.